The van der Waals surface area contributed by atoms with Gasteiger partial charge in [0.2, 0.25) is 11.8 Å². The number of hydrogen-bond acceptors (Lipinski definition) is 6. The molecule has 2 amide bonds. The smallest absolute Gasteiger partial charge is 0.222 e. The Morgan fingerprint density at radius 2 is 1.20 bits per heavy atom. The number of nitrogens with zero attached hydrogens (tertiary/aromatic N) is 3. The van der Waals surface area contributed by atoms with Gasteiger partial charge in [0.05, 0.1) is 57.5 Å². The molecule has 0 aromatic carbocycles. The molecule has 0 spiro atoms. The number of pyridine rings is 1. The molecule has 3 heterocycles. The van der Waals surface area contributed by atoms with E-state index in [9.17, 15) is 9.59 Å². The third kappa shape index (κ3) is 10.1. The number of fused-ring (bicyclic) bond motifs is 2. The Morgan fingerprint density at radius 1 is 0.743 bits per heavy atom. The fourth-order valence-corrected chi connectivity index (χ4v) is 4.61. The van der Waals surface area contributed by atoms with Crippen molar-refractivity contribution in [3.05, 3.63) is 23.5 Å². The van der Waals surface area contributed by atoms with Crippen LogP contribution in [0.3, 0.4) is 0 Å². The molecule has 0 saturated carbocycles. The van der Waals surface area contributed by atoms with E-state index >= 15 is 0 Å². The second-order valence-corrected chi connectivity index (χ2v) is 9.40. The van der Waals surface area contributed by atoms with Crippen molar-refractivity contribution in [3.63, 3.8) is 0 Å². The Kier molecular flexibility index (Phi) is 12.3. The Labute approximate surface area is 210 Å². The Bertz CT molecular complexity index is 730. The third-order valence-electron chi connectivity index (χ3n) is 6.54. The minimum absolute atomic E-state index is 0.133. The maximum Gasteiger partial charge on any atom is 0.222 e. The lowest BCUT2D eigenvalue weighted by Crippen LogP contribution is -2.34. The summed E-state index contributed by atoms with van der Waals surface area (Å²) in [5, 5.41) is 0. The Hall–Kier alpha value is -2.19. The number of rotatable bonds is 2. The first kappa shape index (κ1) is 27.4. The van der Waals surface area contributed by atoms with Gasteiger partial charge in [-0.15, -0.1) is 0 Å². The molecule has 0 saturated heterocycles. The van der Waals surface area contributed by atoms with Crippen molar-refractivity contribution < 1.29 is 23.8 Å². The van der Waals surface area contributed by atoms with Crippen molar-refractivity contribution in [3.8, 4) is 5.75 Å². The molecular weight excluding hydrogens is 446 g/mol. The fourth-order valence-electron chi connectivity index (χ4n) is 4.61. The van der Waals surface area contributed by atoms with Crippen LogP contribution in [0.2, 0.25) is 0 Å². The quantitative estimate of drug-likeness (QED) is 0.622. The third-order valence-corrected chi connectivity index (χ3v) is 6.54. The summed E-state index contributed by atoms with van der Waals surface area (Å²) in [5.41, 5.74) is 1.55. The van der Waals surface area contributed by atoms with Crippen molar-refractivity contribution in [1.82, 2.24) is 14.8 Å². The minimum Gasteiger partial charge on any atom is -0.494 e. The van der Waals surface area contributed by atoms with Crippen LogP contribution in [-0.2, 0) is 32.2 Å². The standard InChI is InChI=1S/C27H43N3O5/c1-2-35-25-19-23-21-29-13-15-33-17-18-34-16-14-30(22-24(20-25)28-23)27(32)12-10-8-6-4-3-5-7-9-11-26(29)31/h19-20H,2-18,21-22H2,1H3. The van der Waals surface area contributed by atoms with E-state index in [0.717, 1.165) is 55.7 Å². The van der Waals surface area contributed by atoms with E-state index in [1.165, 1.54) is 12.8 Å². The largest absolute Gasteiger partial charge is 0.494 e. The Morgan fingerprint density at radius 3 is 1.66 bits per heavy atom. The van der Waals surface area contributed by atoms with Crippen LogP contribution in [0.1, 0.15) is 82.5 Å². The van der Waals surface area contributed by atoms with Gasteiger partial charge in [-0.3, -0.25) is 14.6 Å². The molecule has 0 aliphatic carbocycles. The molecule has 0 unspecified atom stereocenters. The lowest BCUT2D eigenvalue weighted by molar-refractivity contribution is -0.133. The lowest BCUT2D eigenvalue weighted by Gasteiger charge is -2.24. The number of amides is 2. The molecule has 3 rings (SSSR count). The molecule has 35 heavy (non-hydrogen) atoms. The molecule has 8 nitrogen and oxygen atoms in total. The predicted octanol–water partition coefficient (Wildman–Crippen LogP) is 4.10. The molecular formula is C27H43N3O5. The highest BCUT2D eigenvalue weighted by Crippen LogP contribution is 2.20. The van der Waals surface area contributed by atoms with Gasteiger partial charge in [-0.2, -0.15) is 0 Å². The van der Waals surface area contributed by atoms with Crippen LogP contribution < -0.4 is 4.74 Å². The van der Waals surface area contributed by atoms with Crippen LogP contribution in [0, 0.1) is 0 Å². The first-order valence-electron chi connectivity index (χ1n) is 13.5. The molecule has 0 atom stereocenters. The fraction of sp³-hybridized carbons (Fsp3) is 0.741. The van der Waals surface area contributed by atoms with Crippen LogP contribution in [0.15, 0.2) is 12.1 Å². The van der Waals surface area contributed by atoms with E-state index in [-0.39, 0.29) is 11.8 Å². The number of ether oxygens (including phenoxy) is 3. The molecule has 8 heteroatoms. The highest BCUT2D eigenvalue weighted by atomic mass is 16.5. The van der Waals surface area contributed by atoms with Gasteiger partial charge in [-0.1, -0.05) is 38.5 Å². The van der Waals surface area contributed by atoms with E-state index in [1.54, 1.807) is 0 Å². The van der Waals surface area contributed by atoms with E-state index < -0.39 is 0 Å². The van der Waals surface area contributed by atoms with Gasteiger partial charge >= 0.3 is 0 Å². The molecule has 1 aromatic rings. The first-order chi connectivity index (χ1) is 17.2. The molecule has 4 bridgehead atoms. The topological polar surface area (TPSA) is 81.2 Å². The van der Waals surface area contributed by atoms with Crippen LogP contribution >= 0.6 is 0 Å². The molecule has 2 aliphatic rings. The molecule has 1 aromatic heterocycles. The van der Waals surface area contributed by atoms with Gasteiger partial charge in [0.25, 0.3) is 0 Å². The monoisotopic (exact) mass is 489 g/mol. The highest BCUT2D eigenvalue weighted by molar-refractivity contribution is 5.76. The number of aromatic nitrogens is 1. The molecule has 0 N–H and O–H groups in total. The van der Waals surface area contributed by atoms with Gasteiger partial charge < -0.3 is 24.0 Å². The van der Waals surface area contributed by atoms with E-state index in [0.29, 0.717) is 72.1 Å². The second-order valence-electron chi connectivity index (χ2n) is 9.40. The van der Waals surface area contributed by atoms with Gasteiger partial charge in [0.15, 0.2) is 0 Å². The lowest BCUT2D eigenvalue weighted by atomic mass is 10.1. The summed E-state index contributed by atoms with van der Waals surface area (Å²) in [6.07, 6.45) is 9.75. The summed E-state index contributed by atoms with van der Waals surface area (Å²) >= 11 is 0. The van der Waals surface area contributed by atoms with Crippen LogP contribution in [-0.4, -0.2) is 72.7 Å². The number of carbonyl (C=O) groups is 2. The first-order valence-corrected chi connectivity index (χ1v) is 13.5. The molecule has 0 fully saturated rings. The number of hydrogen-bond donors (Lipinski definition) is 0. The van der Waals surface area contributed by atoms with Crippen molar-refractivity contribution >= 4 is 11.8 Å². The summed E-state index contributed by atoms with van der Waals surface area (Å²) < 4.78 is 17.3. The summed E-state index contributed by atoms with van der Waals surface area (Å²) in [4.78, 5) is 34.8. The van der Waals surface area contributed by atoms with Gasteiger partial charge in [0.1, 0.15) is 5.75 Å². The van der Waals surface area contributed by atoms with Gasteiger partial charge in [0, 0.05) is 38.1 Å². The average Bonchev–Trinajstić information content (AvgIpc) is 2.84. The zero-order valence-electron chi connectivity index (χ0n) is 21.5. The number of carbonyl (C=O) groups excluding carboxylic acids is 2. The van der Waals surface area contributed by atoms with E-state index in [4.69, 9.17) is 19.2 Å². The van der Waals surface area contributed by atoms with Crippen molar-refractivity contribution in [1.29, 1.82) is 0 Å². The summed E-state index contributed by atoms with van der Waals surface area (Å²) in [6, 6.07) is 3.81. The zero-order valence-corrected chi connectivity index (χ0v) is 21.5. The van der Waals surface area contributed by atoms with Crippen molar-refractivity contribution in [2.45, 2.75) is 84.2 Å². The van der Waals surface area contributed by atoms with E-state index in [1.807, 2.05) is 28.9 Å². The molecule has 196 valence electrons. The second kappa shape index (κ2) is 15.7. The summed E-state index contributed by atoms with van der Waals surface area (Å²) in [6.45, 7) is 6.17. The van der Waals surface area contributed by atoms with Gasteiger partial charge in [-0.25, -0.2) is 0 Å². The SMILES string of the molecule is CCOc1cc2nc(c1)CN1CCOCCOCCN(C2)C(=O)CCCCCCCCCCC1=O. The summed E-state index contributed by atoms with van der Waals surface area (Å²) in [7, 11) is 0. The van der Waals surface area contributed by atoms with Crippen LogP contribution in [0.4, 0.5) is 0 Å². The predicted molar refractivity (Wildman–Crippen MR) is 134 cm³/mol. The van der Waals surface area contributed by atoms with E-state index in [2.05, 4.69) is 0 Å². The summed E-state index contributed by atoms with van der Waals surface area (Å²) in [5.74, 6) is 0.984. The highest BCUT2D eigenvalue weighted by Gasteiger charge is 2.19. The Balaban J connectivity index is 1.89. The van der Waals surface area contributed by atoms with Crippen LogP contribution in [0.5, 0.6) is 5.75 Å². The molecule has 2 aliphatic heterocycles. The average molecular weight is 490 g/mol. The molecule has 0 radical (unpaired) electrons. The maximum atomic E-state index is 13.1. The normalized spacial score (nSPS) is 20.8. The van der Waals surface area contributed by atoms with Gasteiger partial charge in [-0.05, 0) is 19.8 Å². The maximum absolute atomic E-state index is 13.1. The zero-order chi connectivity index (χ0) is 24.7. The van der Waals surface area contributed by atoms with Crippen molar-refractivity contribution in [2.75, 3.05) is 46.1 Å². The van der Waals surface area contributed by atoms with Crippen molar-refractivity contribution in [2.24, 2.45) is 0 Å². The minimum atomic E-state index is 0.133. The van der Waals surface area contributed by atoms with Crippen LogP contribution in [0.25, 0.3) is 0 Å².